The molecule has 2 aromatic rings. The summed E-state index contributed by atoms with van der Waals surface area (Å²) >= 11 is 0. The minimum atomic E-state index is -0.455. The third kappa shape index (κ3) is 3.24. The SMILES string of the molecule is CC1(O)CCC2C(CCC3C2CCC2(C)C(C(=O)Cn4nc5cccnc5n4)CCC32)C1. The van der Waals surface area contributed by atoms with Crippen LogP contribution in [0.5, 0.6) is 0 Å². The Hall–Kier alpha value is -1.82. The van der Waals surface area contributed by atoms with Gasteiger partial charge >= 0.3 is 0 Å². The first-order valence-electron chi connectivity index (χ1n) is 12.7. The van der Waals surface area contributed by atoms with Gasteiger partial charge in [-0.25, -0.2) is 4.98 Å². The smallest absolute Gasteiger partial charge is 0.201 e. The lowest BCUT2D eigenvalue weighted by atomic mass is 9.49. The summed E-state index contributed by atoms with van der Waals surface area (Å²) in [6, 6.07) is 3.75. The van der Waals surface area contributed by atoms with Gasteiger partial charge in [0.2, 0.25) is 5.65 Å². The molecule has 6 nitrogen and oxygen atoms in total. The van der Waals surface area contributed by atoms with Crippen molar-refractivity contribution in [1.82, 2.24) is 20.0 Å². The fraction of sp³-hybridized carbons (Fsp3) is 0.769. The van der Waals surface area contributed by atoms with E-state index in [9.17, 15) is 9.90 Å². The molecule has 6 heteroatoms. The summed E-state index contributed by atoms with van der Waals surface area (Å²) in [6.07, 6.45) is 12.1. The van der Waals surface area contributed by atoms with Crippen molar-refractivity contribution in [3.8, 4) is 0 Å². The predicted octanol–water partition coefficient (Wildman–Crippen LogP) is 4.42. The second kappa shape index (κ2) is 7.34. The molecule has 0 aliphatic heterocycles. The van der Waals surface area contributed by atoms with Crippen LogP contribution in [0.25, 0.3) is 11.2 Å². The summed E-state index contributed by atoms with van der Waals surface area (Å²) < 4.78 is 0. The maximum absolute atomic E-state index is 13.5. The molecule has 1 N–H and O–H groups in total. The van der Waals surface area contributed by atoms with Gasteiger partial charge < -0.3 is 5.11 Å². The minimum absolute atomic E-state index is 0.121. The summed E-state index contributed by atoms with van der Waals surface area (Å²) in [4.78, 5) is 19.3. The normalized spacial score (nSPS) is 43.5. The summed E-state index contributed by atoms with van der Waals surface area (Å²) in [7, 11) is 0. The lowest BCUT2D eigenvalue weighted by Crippen LogP contribution is -2.51. The van der Waals surface area contributed by atoms with E-state index >= 15 is 0 Å². The van der Waals surface area contributed by atoms with Crippen LogP contribution >= 0.6 is 0 Å². The van der Waals surface area contributed by atoms with Crippen LogP contribution in [0, 0.1) is 40.9 Å². The molecule has 172 valence electrons. The molecule has 32 heavy (non-hydrogen) atoms. The lowest BCUT2D eigenvalue weighted by Gasteiger charge is -2.56. The standard InChI is InChI=1S/C26H36N4O2/c1-25(32)11-9-17-16(14-25)5-6-19-18(17)10-12-26(2)20(19)7-8-21(26)23(31)15-30-28-22-4-3-13-27-24(22)29-30/h3-4,13,16-21,32H,5-12,14-15H2,1-2H3. The Balaban J connectivity index is 1.18. The molecule has 8 atom stereocenters. The molecule has 0 saturated heterocycles. The van der Waals surface area contributed by atoms with Crippen LogP contribution in [0.1, 0.15) is 71.6 Å². The quantitative estimate of drug-likeness (QED) is 0.771. The first kappa shape index (κ1) is 20.8. The van der Waals surface area contributed by atoms with Crippen molar-refractivity contribution in [2.24, 2.45) is 40.9 Å². The van der Waals surface area contributed by atoms with E-state index in [-0.39, 0.29) is 17.9 Å². The van der Waals surface area contributed by atoms with Crippen molar-refractivity contribution in [3.63, 3.8) is 0 Å². The van der Waals surface area contributed by atoms with Gasteiger partial charge in [-0.2, -0.15) is 9.90 Å². The molecule has 4 aliphatic carbocycles. The van der Waals surface area contributed by atoms with E-state index in [0.717, 1.165) is 42.5 Å². The number of carbonyl (C=O) groups is 1. The highest BCUT2D eigenvalue weighted by Crippen LogP contribution is 2.64. The molecule has 0 spiro atoms. The Morgan fingerprint density at radius 2 is 1.91 bits per heavy atom. The number of hydrogen-bond acceptors (Lipinski definition) is 5. The zero-order valence-corrected chi connectivity index (χ0v) is 19.4. The molecule has 2 heterocycles. The second-order valence-electron chi connectivity index (χ2n) is 11.9. The summed E-state index contributed by atoms with van der Waals surface area (Å²) in [5, 5.41) is 19.5. The molecule has 0 aromatic carbocycles. The largest absolute Gasteiger partial charge is 0.390 e. The summed E-state index contributed by atoms with van der Waals surface area (Å²) in [5.74, 6) is 4.17. The van der Waals surface area contributed by atoms with Gasteiger partial charge in [0.1, 0.15) is 12.1 Å². The monoisotopic (exact) mass is 436 g/mol. The Labute approximate surface area is 190 Å². The zero-order valence-electron chi connectivity index (χ0n) is 19.4. The third-order valence-corrected chi connectivity index (χ3v) is 10.1. The number of pyridine rings is 1. The van der Waals surface area contributed by atoms with Crippen LogP contribution in [0.15, 0.2) is 18.3 Å². The van der Waals surface area contributed by atoms with E-state index in [0.29, 0.717) is 23.3 Å². The average Bonchev–Trinajstić information content (AvgIpc) is 3.32. The van der Waals surface area contributed by atoms with E-state index in [2.05, 4.69) is 22.1 Å². The molecular formula is C26H36N4O2. The van der Waals surface area contributed by atoms with Crippen molar-refractivity contribution < 1.29 is 9.90 Å². The molecular weight excluding hydrogens is 400 g/mol. The lowest BCUT2D eigenvalue weighted by molar-refractivity contribution is -0.133. The number of fused-ring (bicyclic) bond motifs is 6. The van der Waals surface area contributed by atoms with Gasteiger partial charge in [0.15, 0.2) is 5.78 Å². The molecule has 4 fully saturated rings. The van der Waals surface area contributed by atoms with Crippen LogP contribution in [0.3, 0.4) is 0 Å². The number of aromatic nitrogens is 4. The van der Waals surface area contributed by atoms with Gasteiger partial charge in [-0.15, -0.1) is 5.10 Å². The number of rotatable bonds is 3. The van der Waals surface area contributed by atoms with Gasteiger partial charge in [-0.05, 0) is 112 Å². The van der Waals surface area contributed by atoms with E-state index < -0.39 is 5.60 Å². The molecule has 2 aromatic heterocycles. The fourth-order valence-electron chi connectivity index (χ4n) is 8.73. The number of aliphatic hydroxyl groups is 1. The first-order valence-corrected chi connectivity index (χ1v) is 12.7. The Bertz CT molecular complexity index is 999. The van der Waals surface area contributed by atoms with Gasteiger partial charge in [0.25, 0.3) is 0 Å². The topological polar surface area (TPSA) is 80.9 Å². The molecule has 8 unspecified atom stereocenters. The van der Waals surface area contributed by atoms with Crippen LogP contribution in [0.2, 0.25) is 0 Å². The van der Waals surface area contributed by atoms with Crippen molar-refractivity contribution in [2.75, 3.05) is 0 Å². The maximum atomic E-state index is 13.5. The van der Waals surface area contributed by atoms with Crippen molar-refractivity contribution >= 4 is 16.9 Å². The number of carbonyl (C=O) groups excluding carboxylic acids is 1. The van der Waals surface area contributed by atoms with Crippen molar-refractivity contribution in [2.45, 2.75) is 83.8 Å². The third-order valence-electron chi connectivity index (χ3n) is 10.1. The average molecular weight is 437 g/mol. The number of nitrogens with zero attached hydrogens (tertiary/aromatic N) is 4. The maximum Gasteiger partial charge on any atom is 0.201 e. The molecule has 0 radical (unpaired) electrons. The molecule has 0 amide bonds. The molecule has 4 aliphatic rings. The molecule has 0 bridgehead atoms. The van der Waals surface area contributed by atoms with E-state index in [1.165, 1.54) is 38.5 Å². The summed E-state index contributed by atoms with van der Waals surface area (Å²) in [6.45, 7) is 4.71. The van der Waals surface area contributed by atoms with Gasteiger partial charge in [-0.3, -0.25) is 4.79 Å². The van der Waals surface area contributed by atoms with Crippen LogP contribution in [-0.4, -0.2) is 36.5 Å². The fourth-order valence-corrected chi connectivity index (χ4v) is 8.73. The number of ketones is 1. The van der Waals surface area contributed by atoms with Crippen LogP contribution in [0.4, 0.5) is 0 Å². The molecule has 6 rings (SSSR count). The predicted molar refractivity (Wildman–Crippen MR) is 122 cm³/mol. The van der Waals surface area contributed by atoms with E-state index in [4.69, 9.17) is 0 Å². The number of hydrogen-bond donors (Lipinski definition) is 1. The highest BCUT2D eigenvalue weighted by Gasteiger charge is 2.58. The van der Waals surface area contributed by atoms with Crippen molar-refractivity contribution in [3.05, 3.63) is 18.3 Å². The van der Waals surface area contributed by atoms with Gasteiger partial charge in [-0.1, -0.05) is 6.92 Å². The van der Waals surface area contributed by atoms with Gasteiger partial charge in [0.05, 0.1) is 5.60 Å². The number of Topliss-reactive ketones (excluding diaryl/α,β-unsaturated/α-hetero) is 1. The highest BCUT2D eigenvalue weighted by atomic mass is 16.3. The molecule has 4 saturated carbocycles. The second-order valence-corrected chi connectivity index (χ2v) is 11.9. The first-order chi connectivity index (χ1) is 15.3. The van der Waals surface area contributed by atoms with E-state index in [1.807, 2.05) is 19.1 Å². The van der Waals surface area contributed by atoms with Crippen LogP contribution < -0.4 is 0 Å². The van der Waals surface area contributed by atoms with E-state index in [1.54, 1.807) is 11.0 Å². The van der Waals surface area contributed by atoms with Gasteiger partial charge in [0, 0.05) is 12.1 Å². The Kier molecular flexibility index (Phi) is 4.76. The van der Waals surface area contributed by atoms with Crippen LogP contribution in [-0.2, 0) is 11.3 Å². The minimum Gasteiger partial charge on any atom is -0.390 e. The Morgan fingerprint density at radius 3 is 2.75 bits per heavy atom. The zero-order chi connectivity index (χ0) is 22.1. The summed E-state index contributed by atoms with van der Waals surface area (Å²) in [5.41, 5.74) is 1.03. The highest BCUT2D eigenvalue weighted by molar-refractivity contribution is 5.82. The van der Waals surface area contributed by atoms with Crippen molar-refractivity contribution in [1.29, 1.82) is 0 Å². The Morgan fingerprint density at radius 1 is 1.06 bits per heavy atom.